The van der Waals surface area contributed by atoms with Gasteiger partial charge in [0, 0.05) is 15.3 Å². The van der Waals surface area contributed by atoms with Crippen LogP contribution in [0.3, 0.4) is 0 Å². The summed E-state index contributed by atoms with van der Waals surface area (Å²) >= 11 is 1.87. The van der Waals surface area contributed by atoms with E-state index in [2.05, 4.69) is 103 Å². The monoisotopic (exact) mass is 490 g/mol. The molecule has 6 aromatic rings. The second-order valence-corrected chi connectivity index (χ2v) is 10.8. The smallest absolute Gasteiger partial charge is 0.115 e. The number of benzene rings is 5. The second kappa shape index (κ2) is 7.55. The van der Waals surface area contributed by atoms with E-state index >= 15 is 0 Å². The van der Waals surface area contributed by atoms with Gasteiger partial charge in [-0.05, 0) is 74.3 Å². The summed E-state index contributed by atoms with van der Waals surface area (Å²) in [5.74, 6) is 0.288. The lowest BCUT2D eigenvalue weighted by molar-refractivity contribution is 0.475. The third kappa shape index (κ3) is 2.63. The number of hydrogen-bond donors (Lipinski definition) is 1. The van der Waals surface area contributed by atoms with Gasteiger partial charge in [-0.3, -0.25) is 0 Å². The number of hydrogen-bond acceptors (Lipinski definition) is 2. The highest BCUT2D eigenvalue weighted by Gasteiger charge is 2.54. The number of thiophene rings is 1. The van der Waals surface area contributed by atoms with Crippen molar-refractivity contribution in [2.24, 2.45) is 0 Å². The van der Waals surface area contributed by atoms with Crippen molar-refractivity contribution >= 4 is 11.3 Å². The van der Waals surface area contributed by atoms with Crippen LogP contribution in [0.5, 0.6) is 5.75 Å². The quantitative estimate of drug-likeness (QED) is 0.256. The molecule has 0 amide bonds. The minimum Gasteiger partial charge on any atom is -0.508 e. The minimum atomic E-state index is -0.379. The van der Waals surface area contributed by atoms with Crippen molar-refractivity contribution in [3.05, 3.63) is 150 Å². The number of phenolic OH excluding ortho intramolecular Hbond substituents is 1. The fourth-order valence-corrected chi connectivity index (χ4v) is 8.00. The van der Waals surface area contributed by atoms with Gasteiger partial charge >= 0.3 is 0 Å². The Balaban J connectivity index is 1.59. The Morgan fingerprint density at radius 1 is 0.459 bits per heavy atom. The number of rotatable bonds is 2. The van der Waals surface area contributed by atoms with Gasteiger partial charge in [-0.2, -0.15) is 0 Å². The lowest BCUT2D eigenvalue weighted by Crippen LogP contribution is -2.26. The molecule has 1 nitrogen and oxygen atoms in total. The predicted molar refractivity (Wildman–Crippen MR) is 153 cm³/mol. The van der Waals surface area contributed by atoms with E-state index in [-0.39, 0.29) is 11.2 Å². The van der Waals surface area contributed by atoms with Crippen LogP contribution in [-0.2, 0) is 5.41 Å². The van der Waals surface area contributed by atoms with Gasteiger partial charge in [0.25, 0.3) is 0 Å². The van der Waals surface area contributed by atoms with Crippen LogP contribution in [0.4, 0.5) is 0 Å². The average Bonchev–Trinajstić information content (AvgIpc) is 3.59. The third-order valence-electron chi connectivity index (χ3n) is 8.00. The maximum absolute atomic E-state index is 10.0. The zero-order valence-electron chi connectivity index (χ0n) is 20.0. The average molecular weight is 491 g/mol. The molecule has 2 aliphatic rings. The van der Waals surface area contributed by atoms with Crippen molar-refractivity contribution in [3.8, 4) is 48.9 Å². The molecule has 2 aliphatic carbocycles. The van der Waals surface area contributed by atoms with Gasteiger partial charge in [-0.25, -0.2) is 0 Å². The van der Waals surface area contributed by atoms with Crippen LogP contribution in [0.25, 0.3) is 43.1 Å². The van der Waals surface area contributed by atoms with Gasteiger partial charge in [0.2, 0.25) is 0 Å². The Kier molecular flexibility index (Phi) is 4.24. The van der Waals surface area contributed by atoms with Crippen LogP contribution in [0, 0.1) is 0 Å². The molecule has 0 fully saturated rings. The molecular weight excluding hydrogens is 468 g/mol. The largest absolute Gasteiger partial charge is 0.508 e. The summed E-state index contributed by atoms with van der Waals surface area (Å²) in [6.45, 7) is 0. The van der Waals surface area contributed by atoms with Gasteiger partial charge in [0.1, 0.15) is 5.75 Å². The molecule has 8 rings (SSSR count). The van der Waals surface area contributed by atoms with Gasteiger partial charge in [0.05, 0.1) is 5.41 Å². The lowest BCUT2D eigenvalue weighted by atomic mass is 9.70. The summed E-state index contributed by atoms with van der Waals surface area (Å²) in [7, 11) is 0. The van der Waals surface area contributed by atoms with E-state index in [4.69, 9.17) is 0 Å². The summed E-state index contributed by atoms with van der Waals surface area (Å²) in [4.78, 5) is 2.56. The SMILES string of the molecule is Oc1ccc(-c2sc(-c3ccccc3)c3c2-c2ccccc2C32c3ccccc3-c3ccccc32)cc1. The second-order valence-electron chi connectivity index (χ2n) is 9.81. The van der Waals surface area contributed by atoms with Crippen molar-refractivity contribution in [2.45, 2.75) is 5.41 Å². The Bertz CT molecular complexity index is 1780. The fraction of sp³-hybridized carbons (Fsp3) is 0.0286. The minimum absolute atomic E-state index is 0.288. The Hall–Kier alpha value is -4.40. The normalized spacial score (nSPS) is 13.7. The fourth-order valence-electron chi connectivity index (χ4n) is 6.61. The first-order valence-electron chi connectivity index (χ1n) is 12.6. The molecule has 0 radical (unpaired) electrons. The van der Waals surface area contributed by atoms with Crippen LogP contribution in [0.15, 0.2) is 127 Å². The third-order valence-corrected chi connectivity index (χ3v) is 9.29. The molecule has 1 heterocycles. The molecule has 0 bridgehead atoms. The van der Waals surface area contributed by atoms with Gasteiger partial charge in [-0.1, -0.05) is 103 Å². The van der Waals surface area contributed by atoms with Gasteiger partial charge in [-0.15, -0.1) is 11.3 Å². The molecular formula is C35H22OS. The summed E-state index contributed by atoms with van der Waals surface area (Å²) in [6.07, 6.45) is 0. The summed E-state index contributed by atoms with van der Waals surface area (Å²) in [5.41, 5.74) is 12.7. The van der Waals surface area contributed by atoms with E-state index in [1.165, 1.54) is 59.8 Å². The van der Waals surface area contributed by atoms with Crippen LogP contribution < -0.4 is 0 Å². The van der Waals surface area contributed by atoms with Crippen molar-refractivity contribution in [2.75, 3.05) is 0 Å². The van der Waals surface area contributed by atoms with E-state index in [1.54, 1.807) is 12.1 Å². The standard InChI is InChI=1S/C35H22OS/c36-24-20-18-23(19-21-24)33-31-27-14-6-9-17-30(27)35(32(31)34(37-33)22-10-2-1-3-11-22)28-15-7-4-12-25(28)26-13-5-8-16-29(26)35/h1-21,36H. The van der Waals surface area contributed by atoms with Crippen LogP contribution in [-0.4, -0.2) is 5.11 Å². The maximum atomic E-state index is 10.0. The Labute approximate surface area is 220 Å². The number of fused-ring (bicyclic) bond motifs is 10. The van der Waals surface area contributed by atoms with Crippen LogP contribution in [0.2, 0.25) is 0 Å². The first kappa shape index (κ1) is 20.8. The highest BCUT2D eigenvalue weighted by atomic mass is 32.1. The number of aromatic hydroxyl groups is 1. The molecule has 174 valence electrons. The van der Waals surface area contributed by atoms with E-state index < -0.39 is 0 Å². The molecule has 0 saturated heterocycles. The van der Waals surface area contributed by atoms with Crippen molar-refractivity contribution in [3.63, 3.8) is 0 Å². The van der Waals surface area contributed by atoms with E-state index in [1.807, 2.05) is 23.5 Å². The topological polar surface area (TPSA) is 20.2 Å². The van der Waals surface area contributed by atoms with Crippen molar-refractivity contribution in [1.29, 1.82) is 0 Å². The molecule has 1 aromatic heterocycles. The van der Waals surface area contributed by atoms with E-state index in [9.17, 15) is 5.11 Å². The van der Waals surface area contributed by atoms with Crippen LogP contribution in [0.1, 0.15) is 22.3 Å². The molecule has 37 heavy (non-hydrogen) atoms. The molecule has 2 heteroatoms. The Morgan fingerprint density at radius 2 is 0.946 bits per heavy atom. The highest BCUT2D eigenvalue weighted by molar-refractivity contribution is 7.19. The molecule has 0 saturated carbocycles. The van der Waals surface area contributed by atoms with E-state index in [0.717, 1.165) is 5.56 Å². The molecule has 0 aliphatic heterocycles. The zero-order valence-corrected chi connectivity index (χ0v) is 20.8. The van der Waals surface area contributed by atoms with Gasteiger partial charge < -0.3 is 5.11 Å². The molecule has 5 aromatic carbocycles. The molecule has 0 unspecified atom stereocenters. The molecule has 1 N–H and O–H groups in total. The first-order chi connectivity index (χ1) is 18.3. The molecule has 1 spiro atoms. The predicted octanol–water partition coefficient (Wildman–Crippen LogP) is 9.13. The summed E-state index contributed by atoms with van der Waals surface area (Å²) in [5, 5.41) is 10.0. The van der Waals surface area contributed by atoms with Gasteiger partial charge in [0.15, 0.2) is 0 Å². The first-order valence-corrected chi connectivity index (χ1v) is 13.4. The van der Waals surface area contributed by atoms with E-state index in [0.29, 0.717) is 0 Å². The lowest BCUT2D eigenvalue weighted by Gasteiger charge is -2.31. The maximum Gasteiger partial charge on any atom is 0.115 e. The van der Waals surface area contributed by atoms with Crippen molar-refractivity contribution in [1.82, 2.24) is 0 Å². The Morgan fingerprint density at radius 3 is 1.57 bits per heavy atom. The summed E-state index contributed by atoms with van der Waals surface area (Å²) < 4.78 is 0. The summed E-state index contributed by atoms with van der Waals surface area (Å²) in [6, 6.07) is 45.3. The van der Waals surface area contributed by atoms with Crippen molar-refractivity contribution < 1.29 is 5.11 Å². The zero-order chi connectivity index (χ0) is 24.6. The molecule has 0 atom stereocenters. The number of phenols is 1. The highest BCUT2D eigenvalue weighted by Crippen LogP contribution is 2.67. The van der Waals surface area contributed by atoms with Crippen LogP contribution >= 0.6 is 11.3 Å².